The Morgan fingerprint density at radius 1 is 1.28 bits per heavy atom. The van der Waals surface area contributed by atoms with Crippen molar-refractivity contribution < 1.29 is 8.42 Å². The van der Waals surface area contributed by atoms with Crippen LogP contribution in [0.4, 0.5) is 0 Å². The molecular weight excluding hydrogens is 252 g/mol. The third kappa shape index (κ3) is 8.30. The van der Waals surface area contributed by atoms with Gasteiger partial charge in [0.2, 0.25) is 10.0 Å². The third-order valence-electron chi connectivity index (χ3n) is 2.57. The molecule has 0 aliphatic rings. The molecule has 0 amide bonds. The molecule has 7 heteroatoms. The average molecular weight is 278 g/mol. The van der Waals surface area contributed by atoms with Gasteiger partial charge in [-0.3, -0.25) is 4.99 Å². The summed E-state index contributed by atoms with van der Waals surface area (Å²) in [7, 11) is -1.35. The molecule has 1 atom stereocenters. The Morgan fingerprint density at radius 2 is 1.94 bits per heavy atom. The average Bonchev–Trinajstić information content (AvgIpc) is 2.36. The highest BCUT2D eigenvalue weighted by molar-refractivity contribution is 7.89. The van der Waals surface area contributed by atoms with Crippen LogP contribution in [0.3, 0.4) is 0 Å². The minimum Gasteiger partial charge on any atom is -0.356 e. The largest absolute Gasteiger partial charge is 0.356 e. The fraction of sp³-hybridized carbons (Fsp3) is 0.909. The lowest BCUT2D eigenvalue weighted by atomic mass is 10.3. The molecule has 0 rings (SSSR count). The second-order valence-electron chi connectivity index (χ2n) is 4.10. The zero-order valence-corrected chi connectivity index (χ0v) is 12.6. The molecule has 108 valence electrons. The summed E-state index contributed by atoms with van der Waals surface area (Å²) in [5.74, 6) is 0.875. The predicted octanol–water partition coefficient (Wildman–Crippen LogP) is 0.279. The minimum absolute atomic E-state index is 0.123. The Bertz CT molecular complexity index is 341. The van der Waals surface area contributed by atoms with E-state index in [1.807, 2.05) is 0 Å². The topological polar surface area (TPSA) is 82.6 Å². The molecule has 3 N–H and O–H groups in total. The highest BCUT2D eigenvalue weighted by Gasteiger charge is 2.05. The summed E-state index contributed by atoms with van der Waals surface area (Å²) in [6.45, 7) is 6.94. The van der Waals surface area contributed by atoms with Crippen LogP contribution >= 0.6 is 0 Å². The second-order valence-corrected chi connectivity index (χ2v) is 6.20. The second kappa shape index (κ2) is 9.16. The molecule has 0 bridgehead atoms. The minimum atomic E-state index is -3.07. The number of guanidine groups is 1. The smallest absolute Gasteiger partial charge is 0.211 e. The summed E-state index contributed by atoms with van der Waals surface area (Å²) in [5.41, 5.74) is 0. The molecule has 0 aliphatic heterocycles. The van der Waals surface area contributed by atoms with Gasteiger partial charge in [0.15, 0.2) is 5.96 Å². The van der Waals surface area contributed by atoms with Crippen molar-refractivity contribution >= 4 is 16.0 Å². The number of aliphatic imine (C=N–C) groups is 1. The van der Waals surface area contributed by atoms with Gasteiger partial charge in [0.05, 0.1) is 5.75 Å². The molecule has 0 radical (unpaired) electrons. The summed E-state index contributed by atoms with van der Waals surface area (Å²) in [4.78, 5) is 4.09. The molecule has 0 fully saturated rings. The fourth-order valence-corrected chi connectivity index (χ4v) is 1.81. The maximum absolute atomic E-state index is 11.2. The predicted molar refractivity (Wildman–Crippen MR) is 76.3 cm³/mol. The van der Waals surface area contributed by atoms with Gasteiger partial charge in [-0.05, 0) is 26.7 Å². The molecule has 18 heavy (non-hydrogen) atoms. The highest BCUT2D eigenvalue weighted by Crippen LogP contribution is 1.87. The Hall–Kier alpha value is -0.820. The van der Waals surface area contributed by atoms with Gasteiger partial charge in [0.1, 0.15) is 0 Å². The van der Waals surface area contributed by atoms with E-state index in [1.165, 1.54) is 0 Å². The Kier molecular flexibility index (Phi) is 8.74. The monoisotopic (exact) mass is 278 g/mol. The van der Waals surface area contributed by atoms with Crippen molar-refractivity contribution in [1.82, 2.24) is 15.4 Å². The quantitative estimate of drug-likeness (QED) is 0.338. The van der Waals surface area contributed by atoms with E-state index in [9.17, 15) is 8.42 Å². The van der Waals surface area contributed by atoms with Crippen LogP contribution < -0.4 is 15.4 Å². The number of nitrogens with zero attached hydrogens (tertiary/aromatic N) is 1. The van der Waals surface area contributed by atoms with Gasteiger partial charge in [-0.2, -0.15) is 0 Å². The van der Waals surface area contributed by atoms with E-state index in [-0.39, 0.29) is 5.75 Å². The lowest BCUT2D eigenvalue weighted by Crippen LogP contribution is -2.42. The first-order valence-electron chi connectivity index (χ1n) is 6.39. The van der Waals surface area contributed by atoms with Crippen molar-refractivity contribution in [3.8, 4) is 0 Å². The van der Waals surface area contributed by atoms with Gasteiger partial charge in [0, 0.05) is 26.2 Å². The van der Waals surface area contributed by atoms with Crippen LogP contribution in [-0.2, 0) is 10.0 Å². The fourth-order valence-electron chi connectivity index (χ4n) is 1.16. The molecular formula is C11H26N4O2S. The van der Waals surface area contributed by atoms with Crippen LogP contribution in [-0.4, -0.2) is 46.3 Å². The lowest BCUT2D eigenvalue weighted by Gasteiger charge is -2.16. The Labute approximate surface area is 111 Å². The lowest BCUT2D eigenvalue weighted by molar-refractivity contribution is 0.578. The summed E-state index contributed by atoms with van der Waals surface area (Å²) >= 11 is 0. The molecule has 6 nitrogen and oxygen atoms in total. The molecule has 1 unspecified atom stereocenters. The van der Waals surface area contributed by atoms with Crippen LogP contribution in [0.25, 0.3) is 0 Å². The molecule has 0 aliphatic carbocycles. The van der Waals surface area contributed by atoms with Crippen molar-refractivity contribution in [2.75, 3.05) is 25.9 Å². The molecule has 0 spiro atoms. The SMILES string of the molecule is CCC(C)NC(=NC)NCCCNS(=O)(=O)CC. The van der Waals surface area contributed by atoms with E-state index in [1.54, 1.807) is 14.0 Å². The highest BCUT2D eigenvalue weighted by atomic mass is 32.2. The van der Waals surface area contributed by atoms with Crippen molar-refractivity contribution in [3.63, 3.8) is 0 Å². The molecule has 0 aromatic rings. The summed E-state index contributed by atoms with van der Waals surface area (Å²) < 4.78 is 24.9. The maximum atomic E-state index is 11.2. The van der Waals surface area contributed by atoms with Crippen molar-refractivity contribution in [3.05, 3.63) is 0 Å². The van der Waals surface area contributed by atoms with Crippen molar-refractivity contribution in [1.29, 1.82) is 0 Å². The Balaban J connectivity index is 3.77. The molecule has 0 heterocycles. The van der Waals surface area contributed by atoms with Crippen molar-refractivity contribution in [2.24, 2.45) is 4.99 Å². The number of rotatable bonds is 8. The van der Waals surface area contributed by atoms with Crippen LogP contribution in [0, 0.1) is 0 Å². The summed E-state index contributed by atoms with van der Waals surface area (Å²) in [6, 6.07) is 0.370. The number of sulfonamides is 1. The van der Waals surface area contributed by atoms with Crippen molar-refractivity contribution in [2.45, 2.75) is 39.7 Å². The molecule has 0 saturated heterocycles. The standard InChI is InChI=1S/C11H26N4O2S/c1-5-10(3)15-11(12-4)13-8-7-9-14-18(16,17)6-2/h10,14H,5-9H2,1-4H3,(H2,12,13,15). The zero-order valence-electron chi connectivity index (χ0n) is 11.8. The zero-order chi connectivity index (χ0) is 14.0. The maximum Gasteiger partial charge on any atom is 0.211 e. The summed E-state index contributed by atoms with van der Waals surface area (Å²) in [5, 5.41) is 6.38. The van der Waals surface area contributed by atoms with Crippen LogP contribution in [0.1, 0.15) is 33.6 Å². The van der Waals surface area contributed by atoms with E-state index in [0.29, 0.717) is 19.1 Å². The van der Waals surface area contributed by atoms with Crippen LogP contribution in [0.15, 0.2) is 4.99 Å². The number of hydrogen-bond donors (Lipinski definition) is 3. The van der Waals surface area contributed by atoms with Gasteiger partial charge in [-0.25, -0.2) is 13.1 Å². The summed E-state index contributed by atoms with van der Waals surface area (Å²) in [6.07, 6.45) is 1.75. The van der Waals surface area contributed by atoms with Gasteiger partial charge >= 0.3 is 0 Å². The normalized spacial score (nSPS) is 14.3. The van der Waals surface area contributed by atoms with Gasteiger partial charge in [0.25, 0.3) is 0 Å². The van der Waals surface area contributed by atoms with E-state index < -0.39 is 10.0 Å². The van der Waals surface area contributed by atoms with Gasteiger partial charge in [-0.15, -0.1) is 0 Å². The first kappa shape index (κ1) is 17.2. The van der Waals surface area contributed by atoms with Crippen LogP contribution in [0.2, 0.25) is 0 Å². The van der Waals surface area contributed by atoms with Gasteiger partial charge < -0.3 is 10.6 Å². The van der Waals surface area contributed by atoms with E-state index >= 15 is 0 Å². The Morgan fingerprint density at radius 3 is 2.44 bits per heavy atom. The van der Waals surface area contributed by atoms with E-state index in [0.717, 1.165) is 18.8 Å². The molecule has 0 saturated carbocycles. The molecule has 0 aromatic carbocycles. The van der Waals surface area contributed by atoms with Gasteiger partial charge in [-0.1, -0.05) is 6.92 Å². The van der Waals surface area contributed by atoms with Crippen LogP contribution in [0.5, 0.6) is 0 Å². The van der Waals surface area contributed by atoms with E-state index in [2.05, 4.69) is 34.2 Å². The first-order valence-corrected chi connectivity index (χ1v) is 8.04. The van der Waals surface area contributed by atoms with E-state index in [4.69, 9.17) is 0 Å². The third-order valence-corrected chi connectivity index (χ3v) is 3.97. The number of hydrogen-bond acceptors (Lipinski definition) is 3. The molecule has 0 aromatic heterocycles. The first-order chi connectivity index (χ1) is 8.45. The number of nitrogens with one attached hydrogen (secondary N) is 3.